The van der Waals surface area contributed by atoms with Gasteiger partial charge in [0.05, 0.1) is 6.61 Å². The van der Waals surface area contributed by atoms with Crippen LogP contribution in [0, 0.1) is 0 Å². The van der Waals surface area contributed by atoms with E-state index < -0.39 is 5.54 Å². The Labute approximate surface area is 205 Å². The molecule has 0 aliphatic carbocycles. The Kier molecular flexibility index (Phi) is 8.48. The molecule has 4 rings (SSSR count). The Balaban J connectivity index is 1.45. The minimum atomic E-state index is -1.08. The van der Waals surface area contributed by atoms with Crippen molar-refractivity contribution in [1.82, 2.24) is 10.9 Å². The summed E-state index contributed by atoms with van der Waals surface area (Å²) in [5, 5.41) is 8.90. The molecule has 0 saturated carbocycles. The molecule has 1 atom stereocenters. The maximum absolute atomic E-state index is 13.4. The molecule has 182 valence electrons. The molecule has 0 bridgehead atoms. The van der Waals surface area contributed by atoms with Gasteiger partial charge in [-0.3, -0.25) is 10.2 Å². The zero-order valence-corrected chi connectivity index (χ0v) is 19.7. The highest BCUT2D eigenvalue weighted by Crippen LogP contribution is 2.27. The molecule has 0 radical (unpaired) electrons. The van der Waals surface area contributed by atoms with Crippen LogP contribution in [0.3, 0.4) is 0 Å². The number of amides is 1. The van der Waals surface area contributed by atoms with Gasteiger partial charge in [-0.15, -0.1) is 0 Å². The number of aliphatic hydroxyl groups excluding tert-OH is 1. The van der Waals surface area contributed by atoms with E-state index >= 15 is 0 Å². The van der Waals surface area contributed by atoms with Crippen molar-refractivity contribution in [3.8, 4) is 5.75 Å². The predicted octanol–water partition coefficient (Wildman–Crippen LogP) is 3.07. The molecule has 1 aliphatic rings. The Morgan fingerprint density at radius 2 is 1.66 bits per heavy atom. The standard InChI is InChI=1S/C28H31N3O4/c32-18-7-19-34-25-14-12-24(13-15-25)26-30-28(21-35-26,20-23-10-5-2-6-11-23)27(33)31-29-17-16-22-8-3-1-4-9-22/h1-6,8-15,29,32H,7,16-21H2,(H,31,33)/t28-/m0/s1. The van der Waals surface area contributed by atoms with Crippen molar-refractivity contribution in [2.24, 2.45) is 4.99 Å². The maximum atomic E-state index is 13.4. The van der Waals surface area contributed by atoms with Gasteiger partial charge in [-0.1, -0.05) is 60.7 Å². The van der Waals surface area contributed by atoms with E-state index in [4.69, 9.17) is 19.6 Å². The first-order valence-electron chi connectivity index (χ1n) is 11.9. The quantitative estimate of drug-likeness (QED) is 0.278. The van der Waals surface area contributed by atoms with Gasteiger partial charge in [0, 0.05) is 31.6 Å². The number of benzene rings is 3. The van der Waals surface area contributed by atoms with Gasteiger partial charge in [-0.25, -0.2) is 10.4 Å². The first-order chi connectivity index (χ1) is 17.2. The van der Waals surface area contributed by atoms with Crippen molar-refractivity contribution >= 4 is 11.8 Å². The second-order valence-corrected chi connectivity index (χ2v) is 8.47. The number of carbonyl (C=O) groups excluding carboxylic acids is 1. The number of aliphatic imine (C=N–C) groups is 1. The summed E-state index contributed by atoms with van der Waals surface area (Å²) in [6.07, 6.45) is 1.80. The highest BCUT2D eigenvalue weighted by atomic mass is 16.5. The van der Waals surface area contributed by atoms with Gasteiger partial charge in [-0.05, 0) is 41.8 Å². The zero-order valence-electron chi connectivity index (χ0n) is 19.7. The lowest BCUT2D eigenvalue weighted by molar-refractivity contribution is -0.127. The number of carbonyl (C=O) groups is 1. The van der Waals surface area contributed by atoms with Crippen LogP contribution in [0.1, 0.15) is 23.1 Å². The highest BCUT2D eigenvalue weighted by Gasteiger charge is 2.44. The lowest BCUT2D eigenvalue weighted by atomic mass is 9.91. The molecule has 7 heteroatoms. The molecule has 0 unspecified atom stereocenters. The van der Waals surface area contributed by atoms with Gasteiger partial charge < -0.3 is 14.6 Å². The molecular formula is C28H31N3O4. The van der Waals surface area contributed by atoms with Gasteiger partial charge >= 0.3 is 0 Å². The molecule has 3 N–H and O–H groups in total. The van der Waals surface area contributed by atoms with Crippen molar-refractivity contribution < 1.29 is 19.4 Å². The molecule has 1 heterocycles. The highest BCUT2D eigenvalue weighted by molar-refractivity contribution is 6.00. The van der Waals surface area contributed by atoms with Gasteiger partial charge in [-0.2, -0.15) is 0 Å². The summed E-state index contributed by atoms with van der Waals surface area (Å²) in [5.74, 6) is 0.910. The number of hydrazine groups is 1. The molecule has 1 amide bonds. The normalized spacial score (nSPS) is 16.9. The lowest BCUT2D eigenvalue weighted by Crippen LogP contribution is -2.53. The summed E-state index contributed by atoms with van der Waals surface area (Å²) < 4.78 is 11.5. The molecule has 0 fully saturated rings. The third-order valence-corrected chi connectivity index (χ3v) is 5.78. The molecule has 35 heavy (non-hydrogen) atoms. The van der Waals surface area contributed by atoms with Crippen LogP contribution in [-0.4, -0.2) is 48.8 Å². The number of nitrogens with zero attached hydrogens (tertiary/aromatic N) is 1. The van der Waals surface area contributed by atoms with Crippen LogP contribution < -0.4 is 15.6 Å². The summed E-state index contributed by atoms with van der Waals surface area (Å²) in [6, 6.07) is 27.3. The Bertz CT molecular complexity index is 1100. The minimum Gasteiger partial charge on any atom is -0.494 e. The molecule has 7 nitrogen and oxygen atoms in total. The Morgan fingerprint density at radius 3 is 2.34 bits per heavy atom. The molecule has 0 saturated heterocycles. The second kappa shape index (κ2) is 12.1. The summed E-state index contributed by atoms with van der Waals surface area (Å²) in [7, 11) is 0. The smallest absolute Gasteiger partial charge is 0.266 e. The van der Waals surface area contributed by atoms with E-state index in [0.29, 0.717) is 37.6 Å². The van der Waals surface area contributed by atoms with E-state index in [1.54, 1.807) is 0 Å². The van der Waals surface area contributed by atoms with Crippen LogP contribution in [-0.2, 0) is 22.4 Å². The molecule has 0 spiro atoms. The van der Waals surface area contributed by atoms with Gasteiger partial charge in [0.25, 0.3) is 5.91 Å². The van der Waals surface area contributed by atoms with Gasteiger partial charge in [0.15, 0.2) is 5.54 Å². The Morgan fingerprint density at radius 1 is 0.971 bits per heavy atom. The van der Waals surface area contributed by atoms with Crippen molar-refractivity contribution in [3.63, 3.8) is 0 Å². The van der Waals surface area contributed by atoms with Crippen LogP contribution >= 0.6 is 0 Å². The van der Waals surface area contributed by atoms with Crippen molar-refractivity contribution in [3.05, 3.63) is 102 Å². The number of nitrogens with one attached hydrogen (secondary N) is 2. The lowest BCUT2D eigenvalue weighted by Gasteiger charge is -2.23. The van der Waals surface area contributed by atoms with E-state index in [0.717, 1.165) is 17.5 Å². The summed E-state index contributed by atoms with van der Waals surface area (Å²) in [4.78, 5) is 18.2. The average Bonchev–Trinajstić information content (AvgIpc) is 3.33. The molecule has 3 aromatic carbocycles. The average molecular weight is 474 g/mol. The zero-order chi connectivity index (χ0) is 24.3. The van der Waals surface area contributed by atoms with Crippen molar-refractivity contribution in [1.29, 1.82) is 0 Å². The number of aliphatic hydroxyl groups is 1. The fourth-order valence-electron chi connectivity index (χ4n) is 3.87. The van der Waals surface area contributed by atoms with Gasteiger partial charge in [0.1, 0.15) is 12.4 Å². The van der Waals surface area contributed by atoms with Crippen LogP contribution in [0.2, 0.25) is 0 Å². The first-order valence-corrected chi connectivity index (χ1v) is 11.9. The molecule has 0 aromatic heterocycles. The van der Waals surface area contributed by atoms with E-state index in [1.807, 2.05) is 72.8 Å². The van der Waals surface area contributed by atoms with E-state index in [1.165, 1.54) is 5.56 Å². The van der Waals surface area contributed by atoms with Crippen LogP contribution in [0.5, 0.6) is 5.75 Å². The number of hydrogen-bond donors (Lipinski definition) is 3. The molecule has 3 aromatic rings. The minimum absolute atomic E-state index is 0.0927. The SMILES string of the molecule is O=C(NNCCc1ccccc1)[C@]1(Cc2ccccc2)COC(c2ccc(OCCCO)cc2)=N1. The fourth-order valence-corrected chi connectivity index (χ4v) is 3.87. The topological polar surface area (TPSA) is 92.2 Å². The third-order valence-electron chi connectivity index (χ3n) is 5.78. The van der Waals surface area contributed by atoms with E-state index in [-0.39, 0.29) is 19.1 Å². The van der Waals surface area contributed by atoms with E-state index in [2.05, 4.69) is 23.0 Å². The van der Waals surface area contributed by atoms with E-state index in [9.17, 15) is 4.79 Å². The van der Waals surface area contributed by atoms with Crippen molar-refractivity contribution in [2.75, 3.05) is 26.4 Å². The first kappa shape index (κ1) is 24.4. The summed E-state index contributed by atoms with van der Waals surface area (Å²) >= 11 is 0. The van der Waals surface area contributed by atoms with Crippen LogP contribution in [0.25, 0.3) is 0 Å². The summed E-state index contributed by atoms with van der Waals surface area (Å²) in [6.45, 7) is 1.30. The van der Waals surface area contributed by atoms with Crippen molar-refractivity contribution in [2.45, 2.75) is 24.8 Å². The third kappa shape index (κ3) is 6.68. The maximum Gasteiger partial charge on any atom is 0.266 e. The van der Waals surface area contributed by atoms with Crippen LogP contribution in [0.15, 0.2) is 89.9 Å². The summed E-state index contributed by atoms with van der Waals surface area (Å²) in [5.41, 5.74) is 7.80. The van der Waals surface area contributed by atoms with Gasteiger partial charge in [0.2, 0.25) is 5.90 Å². The second-order valence-electron chi connectivity index (χ2n) is 8.47. The largest absolute Gasteiger partial charge is 0.494 e. The Hall–Kier alpha value is -3.68. The number of rotatable bonds is 12. The number of ether oxygens (including phenoxy) is 2. The predicted molar refractivity (Wildman–Crippen MR) is 135 cm³/mol. The number of hydrogen-bond acceptors (Lipinski definition) is 6. The fraction of sp³-hybridized carbons (Fsp3) is 0.286. The monoisotopic (exact) mass is 473 g/mol. The molecule has 1 aliphatic heterocycles. The van der Waals surface area contributed by atoms with Crippen LogP contribution in [0.4, 0.5) is 0 Å². The molecular weight excluding hydrogens is 442 g/mol.